The van der Waals surface area contributed by atoms with Crippen LogP contribution in [0.5, 0.6) is 5.75 Å². The van der Waals surface area contributed by atoms with Gasteiger partial charge in [-0.1, -0.05) is 23.2 Å². The summed E-state index contributed by atoms with van der Waals surface area (Å²) in [6.45, 7) is 0.565. The number of hydrogen-bond acceptors (Lipinski definition) is 7. The molecule has 0 spiro atoms. The number of benzene rings is 1. The van der Waals surface area contributed by atoms with Crippen LogP contribution < -0.4 is 26.7 Å². The Balaban J connectivity index is 1.68. The van der Waals surface area contributed by atoms with Gasteiger partial charge in [0, 0.05) is 24.9 Å². The lowest BCUT2D eigenvalue weighted by Crippen LogP contribution is -2.31. The molecule has 11 heteroatoms. The highest BCUT2D eigenvalue weighted by molar-refractivity contribution is 6.38. The first-order valence-electron chi connectivity index (χ1n) is 9.80. The number of aromatic nitrogens is 3. The van der Waals surface area contributed by atoms with E-state index in [1.54, 1.807) is 31.4 Å². The third kappa shape index (κ3) is 4.69. The molecule has 9 nitrogen and oxygen atoms in total. The fourth-order valence-electron chi connectivity index (χ4n) is 3.11. The maximum absolute atomic E-state index is 13.2. The summed E-state index contributed by atoms with van der Waals surface area (Å²) in [6, 6.07) is 4.88. The molecule has 2 aromatic heterocycles. The Hall–Kier alpha value is -3.14. The van der Waals surface area contributed by atoms with Gasteiger partial charge in [0.15, 0.2) is 0 Å². The fourth-order valence-corrected chi connectivity index (χ4v) is 3.76. The second kappa shape index (κ2) is 9.15. The summed E-state index contributed by atoms with van der Waals surface area (Å²) in [4.78, 5) is 34.1. The topological polar surface area (TPSA) is 124 Å². The Morgan fingerprint density at radius 3 is 2.62 bits per heavy atom. The standard InChI is InChI=1S/C21H20Cl2N6O3/c1-25-7-11-4-12(9-26-8-11)28-20(30)17-19(24)27-10-29(21(17)31)18-15(22)5-14(6-16(18)23)32-13-2-3-13/h4-6,8-10,13,25H,2-3,7,24H2,1H3,(H,28,30). The van der Waals surface area contributed by atoms with Gasteiger partial charge in [0.05, 0.1) is 33.7 Å². The Morgan fingerprint density at radius 1 is 1.25 bits per heavy atom. The first-order chi connectivity index (χ1) is 15.4. The minimum Gasteiger partial charge on any atom is -0.490 e. The maximum Gasteiger partial charge on any atom is 0.273 e. The van der Waals surface area contributed by atoms with Crippen LogP contribution in [0.25, 0.3) is 5.69 Å². The van der Waals surface area contributed by atoms with E-state index in [9.17, 15) is 9.59 Å². The van der Waals surface area contributed by atoms with E-state index in [4.69, 9.17) is 33.7 Å². The molecule has 0 aliphatic heterocycles. The minimum absolute atomic E-state index is 0.158. The van der Waals surface area contributed by atoms with E-state index in [0.29, 0.717) is 18.0 Å². The molecule has 0 radical (unpaired) electrons. The molecular formula is C21H20Cl2N6O3. The average molecular weight is 475 g/mol. The molecule has 1 aliphatic carbocycles. The molecule has 0 unspecified atom stereocenters. The number of halogens is 2. The molecule has 3 aromatic rings. The summed E-state index contributed by atoms with van der Waals surface area (Å²) in [6.07, 6.45) is 6.42. The van der Waals surface area contributed by atoms with Gasteiger partial charge in [0.25, 0.3) is 11.5 Å². The Morgan fingerprint density at radius 2 is 1.97 bits per heavy atom. The average Bonchev–Trinajstić information content (AvgIpc) is 3.54. The van der Waals surface area contributed by atoms with Gasteiger partial charge in [-0.2, -0.15) is 0 Å². The van der Waals surface area contributed by atoms with Crippen LogP contribution in [0.1, 0.15) is 28.8 Å². The number of nitrogen functional groups attached to an aromatic ring is 1. The van der Waals surface area contributed by atoms with Crippen molar-refractivity contribution in [1.29, 1.82) is 0 Å². The number of rotatable bonds is 7. The first kappa shape index (κ1) is 22.1. The maximum atomic E-state index is 13.2. The van der Waals surface area contributed by atoms with Gasteiger partial charge in [0.2, 0.25) is 0 Å². The predicted molar refractivity (Wildman–Crippen MR) is 123 cm³/mol. The number of carbonyl (C=O) groups excluding carboxylic acids is 1. The Kier molecular flexibility index (Phi) is 6.31. The van der Waals surface area contributed by atoms with Crippen LogP contribution in [0.2, 0.25) is 10.0 Å². The van der Waals surface area contributed by atoms with Crippen molar-refractivity contribution in [2.45, 2.75) is 25.5 Å². The van der Waals surface area contributed by atoms with Crippen LogP contribution in [0.4, 0.5) is 11.5 Å². The molecule has 0 bridgehead atoms. The molecule has 4 N–H and O–H groups in total. The molecule has 1 saturated carbocycles. The molecule has 4 rings (SSSR count). The monoisotopic (exact) mass is 474 g/mol. The van der Waals surface area contributed by atoms with Gasteiger partial charge >= 0.3 is 0 Å². The van der Waals surface area contributed by atoms with Crippen molar-refractivity contribution >= 4 is 40.6 Å². The minimum atomic E-state index is -0.723. The second-order valence-electron chi connectivity index (χ2n) is 7.30. The molecule has 1 amide bonds. The molecule has 0 atom stereocenters. The molecule has 2 heterocycles. The highest BCUT2D eigenvalue weighted by Crippen LogP contribution is 2.35. The number of amides is 1. The van der Waals surface area contributed by atoms with Gasteiger partial charge in [-0.25, -0.2) is 4.98 Å². The lowest BCUT2D eigenvalue weighted by atomic mass is 10.2. The number of nitrogens with one attached hydrogen (secondary N) is 2. The van der Waals surface area contributed by atoms with Crippen molar-refractivity contribution in [2.75, 3.05) is 18.1 Å². The molecule has 166 valence electrons. The van der Waals surface area contributed by atoms with Crippen LogP contribution in [0, 0.1) is 0 Å². The van der Waals surface area contributed by atoms with Crippen LogP contribution in [0.15, 0.2) is 41.7 Å². The third-order valence-electron chi connectivity index (χ3n) is 4.72. The molecule has 0 saturated heterocycles. The highest BCUT2D eigenvalue weighted by atomic mass is 35.5. The second-order valence-corrected chi connectivity index (χ2v) is 8.11. The lowest BCUT2D eigenvalue weighted by Gasteiger charge is -2.14. The number of pyridine rings is 1. The largest absolute Gasteiger partial charge is 0.490 e. The molecule has 1 aromatic carbocycles. The van der Waals surface area contributed by atoms with Crippen LogP contribution in [-0.4, -0.2) is 33.6 Å². The number of carbonyl (C=O) groups is 1. The number of hydrogen-bond donors (Lipinski definition) is 3. The lowest BCUT2D eigenvalue weighted by molar-refractivity contribution is 0.102. The van der Waals surface area contributed by atoms with Crippen molar-refractivity contribution in [3.8, 4) is 11.4 Å². The summed E-state index contributed by atoms with van der Waals surface area (Å²) in [5.74, 6) is -0.433. The summed E-state index contributed by atoms with van der Waals surface area (Å²) in [5.41, 5.74) is 6.26. The van der Waals surface area contributed by atoms with E-state index in [-0.39, 0.29) is 33.2 Å². The summed E-state index contributed by atoms with van der Waals surface area (Å²) < 4.78 is 6.81. The molecular weight excluding hydrogens is 455 g/mol. The zero-order valence-electron chi connectivity index (χ0n) is 17.1. The van der Waals surface area contributed by atoms with Crippen LogP contribution >= 0.6 is 23.2 Å². The molecule has 32 heavy (non-hydrogen) atoms. The third-order valence-corrected chi connectivity index (χ3v) is 5.30. The van der Waals surface area contributed by atoms with E-state index in [2.05, 4.69) is 20.6 Å². The van der Waals surface area contributed by atoms with Crippen LogP contribution in [0.3, 0.4) is 0 Å². The predicted octanol–water partition coefficient (Wildman–Crippen LogP) is 3.03. The summed E-state index contributed by atoms with van der Waals surface area (Å²) in [7, 11) is 1.80. The van der Waals surface area contributed by atoms with E-state index < -0.39 is 11.5 Å². The van der Waals surface area contributed by atoms with Crippen molar-refractivity contribution in [3.63, 3.8) is 0 Å². The van der Waals surface area contributed by atoms with E-state index in [1.165, 1.54) is 12.5 Å². The quantitative estimate of drug-likeness (QED) is 0.480. The first-order valence-corrected chi connectivity index (χ1v) is 10.6. The van der Waals surface area contributed by atoms with Gasteiger partial charge in [-0.15, -0.1) is 0 Å². The summed E-state index contributed by atoms with van der Waals surface area (Å²) >= 11 is 12.8. The smallest absolute Gasteiger partial charge is 0.273 e. The zero-order valence-corrected chi connectivity index (χ0v) is 18.6. The van der Waals surface area contributed by atoms with E-state index in [0.717, 1.165) is 23.0 Å². The van der Waals surface area contributed by atoms with Crippen molar-refractivity contribution in [1.82, 2.24) is 19.9 Å². The summed E-state index contributed by atoms with van der Waals surface area (Å²) in [5, 5.41) is 5.99. The van der Waals surface area contributed by atoms with Gasteiger partial charge in [-0.05, 0) is 31.5 Å². The number of ether oxygens (including phenoxy) is 1. The molecule has 1 aliphatic rings. The Labute approximate surface area is 193 Å². The van der Waals surface area contributed by atoms with Crippen molar-refractivity contribution in [2.24, 2.45) is 0 Å². The SMILES string of the molecule is CNCc1cncc(NC(=O)c2c(N)ncn(-c3c(Cl)cc(OC4CC4)cc3Cl)c2=O)c1. The molecule has 1 fully saturated rings. The van der Waals surface area contributed by atoms with E-state index in [1.807, 2.05) is 0 Å². The fraction of sp³-hybridized carbons (Fsp3) is 0.238. The number of anilines is 2. The number of nitrogens with zero attached hydrogens (tertiary/aromatic N) is 3. The zero-order chi connectivity index (χ0) is 22.8. The normalized spacial score (nSPS) is 13.1. The number of nitrogens with two attached hydrogens (primary N) is 1. The van der Waals surface area contributed by atoms with Gasteiger partial charge in [0.1, 0.15) is 23.5 Å². The van der Waals surface area contributed by atoms with E-state index >= 15 is 0 Å². The van der Waals surface area contributed by atoms with Crippen LogP contribution in [-0.2, 0) is 6.54 Å². The Bertz CT molecular complexity index is 1220. The van der Waals surface area contributed by atoms with Crippen molar-refractivity contribution in [3.05, 3.63) is 68.4 Å². The highest BCUT2D eigenvalue weighted by Gasteiger charge is 2.25. The van der Waals surface area contributed by atoms with Crippen molar-refractivity contribution < 1.29 is 9.53 Å². The van der Waals surface area contributed by atoms with Gasteiger partial charge in [-0.3, -0.25) is 19.1 Å². The van der Waals surface area contributed by atoms with Gasteiger partial charge < -0.3 is 21.1 Å².